The number of aromatic hydroxyl groups is 1. The third-order valence-electron chi connectivity index (χ3n) is 5.23. The second kappa shape index (κ2) is 8.08. The maximum atomic E-state index is 13.3. The van der Waals surface area contributed by atoms with Crippen molar-refractivity contribution in [2.75, 3.05) is 11.1 Å². The number of fused-ring (bicyclic) bond motifs is 1. The molecule has 0 bridgehead atoms. The molecule has 4 heterocycles. The van der Waals surface area contributed by atoms with E-state index in [1.54, 1.807) is 33.6 Å². The normalized spacial score (nSPS) is 12.0. The second-order valence-electron chi connectivity index (χ2n) is 7.45. The highest BCUT2D eigenvalue weighted by atomic mass is 16.3. The van der Waals surface area contributed by atoms with Crippen molar-refractivity contribution >= 4 is 17.2 Å². The molecule has 0 unspecified atom stereocenters. The van der Waals surface area contributed by atoms with E-state index < -0.39 is 6.04 Å². The van der Waals surface area contributed by atoms with Crippen molar-refractivity contribution in [3.63, 3.8) is 0 Å². The Labute approximate surface area is 188 Å². The van der Waals surface area contributed by atoms with Gasteiger partial charge in [-0.3, -0.25) is 14.3 Å². The maximum absolute atomic E-state index is 13.3. The molecule has 5 aromatic rings. The van der Waals surface area contributed by atoms with Gasteiger partial charge in [0.05, 0.1) is 23.5 Å². The first-order valence-corrected chi connectivity index (χ1v) is 10.2. The average molecular weight is 440 g/mol. The van der Waals surface area contributed by atoms with Gasteiger partial charge in [-0.15, -0.1) is 0 Å². The summed E-state index contributed by atoms with van der Waals surface area (Å²) in [6, 6.07) is 13.9. The summed E-state index contributed by atoms with van der Waals surface area (Å²) in [5.74, 6) is 1.12. The van der Waals surface area contributed by atoms with Gasteiger partial charge in [-0.2, -0.15) is 5.10 Å². The molecule has 0 aliphatic carbocycles. The zero-order chi connectivity index (χ0) is 22.9. The number of nitrogens with zero attached hydrogens (tertiary/aromatic N) is 6. The van der Waals surface area contributed by atoms with Crippen molar-refractivity contribution in [1.82, 2.24) is 29.1 Å². The number of hydrogen-bond donors (Lipinski definition) is 3. The Balaban J connectivity index is 1.64. The first kappa shape index (κ1) is 20.2. The quantitative estimate of drug-likeness (QED) is 0.379. The molecule has 0 amide bonds. The van der Waals surface area contributed by atoms with Crippen LogP contribution < -0.4 is 16.6 Å². The van der Waals surface area contributed by atoms with E-state index >= 15 is 0 Å². The summed E-state index contributed by atoms with van der Waals surface area (Å²) in [4.78, 5) is 25.8. The van der Waals surface area contributed by atoms with E-state index in [-0.39, 0.29) is 17.1 Å². The highest BCUT2D eigenvalue weighted by Crippen LogP contribution is 2.33. The van der Waals surface area contributed by atoms with Crippen molar-refractivity contribution < 1.29 is 5.11 Å². The number of para-hydroxylation sites is 1. The van der Waals surface area contributed by atoms with Crippen LogP contribution in [0.15, 0.2) is 78.2 Å². The molecule has 33 heavy (non-hydrogen) atoms. The van der Waals surface area contributed by atoms with E-state index in [0.717, 1.165) is 0 Å². The molecule has 0 aliphatic heterocycles. The van der Waals surface area contributed by atoms with Crippen LogP contribution in [0.4, 0.5) is 11.6 Å². The van der Waals surface area contributed by atoms with Gasteiger partial charge in [0.1, 0.15) is 29.2 Å². The average Bonchev–Trinajstić information content (AvgIpc) is 3.29. The number of pyridine rings is 1. The number of nitrogens with one attached hydrogen (secondary N) is 1. The van der Waals surface area contributed by atoms with Crippen LogP contribution in [0.3, 0.4) is 0 Å². The molecule has 0 radical (unpaired) electrons. The minimum absolute atomic E-state index is 0.00704. The molecule has 0 aliphatic rings. The van der Waals surface area contributed by atoms with Gasteiger partial charge in [0.25, 0.3) is 5.56 Å². The Morgan fingerprint density at radius 2 is 1.91 bits per heavy atom. The molecule has 4 N–H and O–H groups in total. The van der Waals surface area contributed by atoms with Crippen LogP contribution in [0.1, 0.15) is 18.8 Å². The van der Waals surface area contributed by atoms with Crippen molar-refractivity contribution in [2.24, 2.45) is 0 Å². The number of hydrogen-bond acceptors (Lipinski definition) is 8. The van der Waals surface area contributed by atoms with Gasteiger partial charge < -0.3 is 16.2 Å². The molecule has 164 valence electrons. The van der Waals surface area contributed by atoms with Crippen LogP contribution in [0.5, 0.6) is 5.75 Å². The summed E-state index contributed by atoms with van der Waals surface area (Å²) in [6.45, 7) is 1.87. The van der Waals surface area contributed by atoms with Gasteiger partial charge in [0.2, 0.25) is 0 Å². The molecule has 0 saturated carbocycles. The topological polar surface area (TPSA) is 136 Å². The number of benzene rings is 1. The van der Waals surface area contributed by atoms with E-state index in [2.05, 4.69) is 20.3 Å². The Morgan fingerprint density at radius 1 is 1.09 bits per heavy atom. The van der Waals surface area contributed by atoms with Crippen LogP contribution in [-0.4, -0.2) is 34.2 Å². The van der Waals surface area contributed by atoms with Crippen LogP contribution in [0.25, 0.3) is 22.3 Å². The van der Waals surface area contributed by atoms with E-state index in [1.165, 1.54) is 18.6 Å². The second-order valence-corrected chi connectivity index (χ2v) is 7.45. The van der Waals surface area contributed by atoms with Crippen molar-refractivity contribution in [3.05, 3.63) is 89.6 Å². The van der Waals surface area contributed by atoms with Crippen LogP contribution >= 0.6 is 0 Å². The summed E-state index contributed by atoms with van der Waals surface area (Å²) in [7, 11) is 0. The molecule has 0 fully saturated rings. The third kappa shape index (κ3) is 3.63. The lowest BCUT2D eigenvalue weighted by atomic mass is 10.1. The monoisotopic (exact) mass is 440 g/mol. The maximum Gasteiger partial charge on any atom is 0.282 e. The molecule has 5 rings (SSSR count). The van der Waals surface area contributed by atoms with Gasteiger partial charge in [-0.25, -0.2) is 14.5 Å². The predicted octanol–water partition coefficient (Wildman–Crippen LogP) is 2.80. The van der Waals surface area contributed by atoms with Gasteiger partial charge >= 0.3 is 0 Å². The summed E-state index contributed by atoms with van der Waals surface area (Å²) >= 11 is 0. The lowest BCUT2D eigenvalue weighted by Crippen LogP contribution is -2.29. The molecule has 4 aromatic heterocycles. The largest absolute Gasteiger partial charge is 0.506 e. The molecule has 10 heteroatoms. The number of rotatable bonds is 5. The van der Waals surface area contributed by atoms with Crippen molar-refractivity contribution in [2.45, 2.75) is 13.0 Å². The first-order valence-electron chi connectivity index (χ1n) is 10.2. The molecular weight excluding hydrogens is 420 g/mol. The predicted molar refractivity (Wildman–Crippen MR) is 124 cm³/mol. The number of aromatic nitrogens is 6. The van der Waals surface area contributed by atoms with Crippen LogP contribution in [0, 0.1) is 0 Å². The first-order chi connectivity index (χ1) is 16.0. The molecule has 0 saturated heterocycles. The summed E-state index contributed by atoms with van der Waals surface area (Å²) in [5.41, 5.74) is 8.16. The molecule has 1 atom stereocenters. The third-order valence-corrected chi connectivity index (χ3v) is 5.23. The van der Waals surface area contributed by atoms with Crippen molar-refractivity contribution in [1.29, 1.82) is 0 Å². The Morgan fingerprint density at radius 3 is 2.70 bits per heavy atom. The lowest BCUT2D eigenvalue weighted by Gasteiger charge is -2.21. The summed E-state index contributed by atoms with van der Waals surface area (Å²) in [6.07, 6.45) is 5.97. The smallest absolute Gasteiger partial charge is 0.282 e. The SMILES string of the molecule is C[C@H](Nc1ncnc(N)c1-c1cncc(O)c1)c1nn2cccc2c(=O)n1-c1ccccc1. The fourth-order valence-electron chi connectivity index (χ4n) is 3.74. The van der Waals surface area contributed by atoms with Crippen LogP contribution in [0.2, 0.25) is 0 Å². The molecule has 10 nitrogen and oxygen atoms in total. The Hall–Kier alpha value is -4.73. The zero-order valence-corrected chi connectivity index (χ0v) is 17.6. The number of nitrogens with two attached hydrogens (primary N) is 1. The van der Waals surface area contributed by atoms with Crippen LogP contribution in [-0.2, 0) is 0 Å². The van der Waals surface area contributed by atoms with E-state index in [4.69, 9.17) is 10.8 Å². The summed E-state index contributed by atoms with van der Waals surface area (Å²) in [5, 5.41) is 17.9. The number of nitrogen functional groups attached to an aromatic ring is 1. The lowest BCUT2D eigenvalue weighted by molar-refractivity contribution is 0.473. The van der Waals surface area contributed by atoms with E-state index in [1.807, 2.05) is 37.3 Å². The van der Waals surface area contributed by atoms with Gasteiger partial charge in [0, 0.05) is 18.0 Å². The van der Waals surface area contributed by atoms with E-state index in [9.17, 15) is 9.90 Å². The summed E-state index contributed by atoms with van der Waals surface area (Å²) < 4.78 is 3.14. The Bertz CT molecular complexity index is 1510. The standard InChI is InChI=1S/C23H20N8O2/c1-14(28-21-19(20(24)26-13-27-21)15-10-17(32)12-25-11-15)22-29-30-9-5-8-18(30)23(33)31(22)16-6-3-2-4-7-16/h2-14,32H,1H3,(H3,24,26,27,28)/t14-/m0/s1. The van der Waals surface area contributed by atoms with E-state index in [0.29, 0.717) is 34.0 Å². The van der Waals surface area contributed by atoms with Gasteiger partial charge in [-0.1, -0.05) is 18.2 Å². The molecule has 0 spiro atoms. The fraction of sp³-hybridized carbons (Fsp3) is 0.0870. The number of anilines is 2. The fourth-order valence-corrected chi connectivity index (χ4v) is 3.74. The van der Waals surface area contributed by atoms with Gasteiger partial charge in [-0.05, 0) is 37.3 Å². The van der Waals surface area contributed by atoms with Crippen molar-refractivity contribution in [3.8, 4) is 22.6 Å². The zero-order valence-electron chi connectivity index (χ0n) is 17.6. The molecule has 1 aromatic carbocycles. The molecular formula is C23H20N8O2. The minimum Gasteiger partial charge on any atom is -0.506 e. The highest BCUT2D eigenvalue weighted by Gasteiger charge is 2.21. The van der Waals surface area contributed by atoms with Gasteiger partial charge in [0.15, 0.2) is 5.82 Å². The minimum atomic E-state index is -0.456. The Kier molecular flexibility index (Phi) is 4.94. The highest BCUT2D eigenvalue weighted by molar-refractivity contribution is 5.83.